The first kappa shape index (κ1) is 17.8. The van der Waals surface area contributed by atoms with Crippen LogP contribution in [0.25, 0.3) is 16.9 Å². The minimum absolute atomic E-state index is 0.250. The van der Waals surface area contributed by atoms with Crippen LogP contribution in [-0.2, 0) is 0 Å². The predicted octanol–water partition coefficient (Wildman–Crippen LogP) is 4.94. The van der Waals surface area contributed by atoms with Gasteiger partial charge in [0.1, 0.15) is 5.75 Å². The fourth-order valence-corrected chi connectivity index (χ4v) is 2.15. The third-order valence-electron chi connectivity index (χ3n) is 3.38. The van der Waals surface area contributed by atoms with Gasteiger partial charge in [-0.2, -0.15) is 0 Å². The third-order valence-corrected chi connectivity index (χ3v) is 3.38. The number of rotatable bonds is 2. The van der Waals surface area contributed by atoms with Crippen molar-refractivity contribution in [2.45, 2.75) is 34.1 Å². The molecule has 0 unspecified atom stereocenters. The van der Waals surface area contributed by atoms with Gasteiger partial charge in [-0.25, -0.2) is 9.97 Å². The Kier molecular flexibility index (Phi) is 5.11. The van der Waals surface area contributed by atoms with E-state index in [1.165, 1.54) is 12.1 Å². The van der Waals surface area contributed by atoms with E-state index >= 15 is 0 Å². The third kappa shape index (κ3) is 3.84. The number of benzene rings is 1. The summed E-state index contributed by atoms with van der Waals surface area (Å²) in [5.74, 6) is 0.343. The van der Waals surface area contributed by atoms with Crippen LogP contribution in [0.1, 0.15) is 25.2 Å². The van der Waals surface area contributed by atoms with Crippen molar-refractivity contribution in [2.75, 3.05) is 0 Å². The second-order valence-corrected chi connectivity index (χ2v) is 4.87. The molecular weight excluding hydrogens is 319 g/mol. The molecule has 0 N–H and O–H groups in total. The maximum atomic E-state index is 12.1. The van der Waals surface area contributed by atoms with Crippen molar-refractivity contribution in [3.63, 3.8) is 0 Å². The molecular formula is C17H18F3N3O. The van der Waals surface area contributed by atoms with Crippen LogP contribution in [0.4, 0.5) is 13.2 Å². The van der Waals surface area contributed by atoms with E-state index in [1.807, 2.05) is 38.3 Å². The van der Waals surface area contributed by atoms with Crippen molar-refractivity contribution in [2.24, 2.45) is 0 Å². The van der Waals surface area contributed by atoms with Gasteiger partial charge >= 0.3 is 6.36 Å². The lowest BCUT2D eigenvalue weighted by molar-refractivity contribution is -0.274. The zero-order valence-electron chi connectivity index (χ0n) is 13.8. The SMILES string of the molecule is CC.Cc1nc2ncc(-c3ccc(OC(F)(F)F)cc3)cn2c1C. The average Bonchev–Trinajstić information content (AvgIpc) is 2.83. The summed E-state index contributed by atoms with van der Waals surface area (Å²) in [6.45, 7) is 7.83. The van der Waals surface area contributed by atoms with E-state index < -0.39 is 6.36 Å². The van der Waals surface area contributed by atoms with Crippen molar-refractivity contribution in [3.05, 3.63) is 48.0 Å². The molecule has 128 valence electrons. The topological polar surface area (TPSA) is 39.4 Å². The number of aromatic nitrogens is 3. The lowest BCUT2D eigenvalue weighted by Gasteiger charge is -2.09. The summed E-state index contributed by atoms with van der Waals surface area (Å²) in [4.78, 5) is 8.57. The number of fused-ring (bicyclic) bond motifs is 1. The second-order valence-electron chi connectivity index (χ2n) is 4.87. The summed E-state index contributed by atoms with van der Waals surface area (Å²) >= 11 is 0. The Morgan fingerprint density at radius 3 is 2.21 bits per heavy atom. The summed E-state index contributed by atoms with van der Waals surface area (Å²) < 4.78 is 42.1. The molecule has 7 heteroatoms. The van der Waals surface area contributed by atoms with E-state index in [0.717, 1.165) is 22.5 Å². The zero-order chi connectivity index (χ0) is 17.9. The molecule has 0 fully saturated rings. The zero-order valence-corrected chi connectivity index (χ0v) is 13.8. The Morgan fingerprint density at radius 1 is 1.00 bits per heavy atom. The number of imidazole rings is 1. The number of alkyl halides is 3. The fraction of sp³-hybridized carbons (Fsp3) is 0.294. The van der Waals surface area contributed by atoms with Gasteiger partial charge in [0.2, 0.25) is 5.78 Å². The number of aryl methyl sites for hydroxylation is 2. The van der Waals surface area contributed by atoms with E-state index in [9.17, 15) is 13.2 Å². The number of ether oxygens (including phenoxy) is 1. The molecule has 0 bridgehead atoms. The molecule has 0 spiro atoms. The van der Waals surface area contributed by atoms with Gasteiger partial charge in [0.05, 0.1) is 5.69 Å². The van der Waals surface area contributed by atoms with Crippen molar-refractivity contribution in [3.8, 4) is 16.9 Å². The standard InChI is InChI=1S/C15H12F3N3O.C2H6/c1-9-10(2)21-8-12(7-19-14(21)20-9)11-3-5-13(6-4-11)22-15(16,17)18;1-2/h3-8H,1-2H3;1-2H3. The lowest BCUT2D eigenvalue weighted by atomic mass is 10.1. The molecule has 0 aliphatic heterocycles. The van der Waals surface area contributed by atoms with Gasteiger partial charge < -0.3 is 4.74 Å². The molecule has 0 aliphatic carbocycles. The Morgan fingerprint density at radius 2 is 1.62 bits per heavy atom. The predicted molar refractivity (Wildman–Crippen MR) is 85.9 cm³/mol. The highest BCUT2D eigenvalue weighted by molar-refractivity contribution is 5.63. The summed E-state index contributed by atoms with van der Waals surface area (Å²) in [5, 5.41) is 0. The van der Waals surface area contributed by atoms with Crippen LogP contribution in [0.5, 0.6) is 5.75 Å². The Balaban J connectivity index is 0.00000100. The highest BCUT2D eigenvalue weighted by Crippen LogP contribution is 2.26. The van der Waals surface area contributed by atoms with Crippen LogP contribution in [0, 0.1) is 13.8 Å². The van der Waals surface area contributed by atoms with Crippen LogP contribution in [0.15, 0.2) is 36.7 Å². The first-order valence-corrected chi connectivity index (χ1v) is 7.51. The van der Waals surface area contributed by atoms with Crippen molar-refractivity contribution >= 4 is 5.78 Å². The van der Waals surface area contributed by atoms with Gasteiger partial charge in [-0.15, -0.1) is 13.2 Å². The van der Waals surface area contributed by atoms with Crippen LogP contribution in [0.3, 0.4) is 0 Å². The largest absolute Gasteiger partial charge is 0.573 e. The first-order valence-electron chi connectivity index (χ1n) is 7.51. The van der Waals surface area contributed by atoms with Crippen molar-refractivity contribution in [1.29, 1.82) is 0 Å². The number of hydrogen-bond acceptors (Lipinski definition) is 3. The van der Waals surface area contributed by atoms with E-state index in [0.29, 0.717) is 5.78 Å². The van der Waals surface area contributed by atoms with Crippen LogP contribution >= 0.6 is 0 Å². The Hall–Kier alpha value is -2.57. The molecule has 0 saturated heterocycles. The smallest absolute Gasteiger partial charge is 0.406 e. The van der Waals surface area contributed by atoms with Gasteiger partial charge in [0.25, 0.3) is 0 Å². The molecule has 0 aliphatic rings. The second kappa shape index (κ2) is 6.90. The molecule has 0 amide bonds. The van der Waals surface area contributed by atoms with E-state index in [2.05, 4.69) is 14.7 Å². The maximum absolute atomic E-state index is 12.1. The normalized spacial score (nSPS) is 11.1. The van der Waals surface area contributed by atoms with E-state index in [1.54, 1.807) is 18.3 Å². The molecule has 3 rings (SSSR count). The maximum Gasteiger partial charge on any atom is 0.573 e. The molecule has 2 aromatic heterocycles. The quantitative estimate of drug-likeness (QED) is 0.665. The summed E-state index contributed by atoms with van der Waals surface area (Å²) in [7, 11) is 0. The molecule has 0 atom stereocenters. The molecule has 4 nitrogen and oxygen atoms in total. The van der Waals surface area contributed by atoms with Gasteiger partial charge in [-0.3, -0.25) is 4.40 Å². The molecule has 3 aromatic rings. The number of hydrogen-bond donors (Lipinski definition) is 0. The van der Waals surface area contributed by atoms with E-state index in [-0.39, 0.29) is 5.75 Å². The van der Waals surface area contributed by atoms with E-state index in [4.69, 9.17) is 0 Å². The van der Waals surface area contributed by atoms with Crippen LogP contribution in [0.2, 0.25) is 0 Å². The van der Waals surface area contributed by atoms with Gasteiger partial charge in [-0.05, 0) is 31.5 Å². The summed E-state index contributed by atoms with van der Waals surface area (Å²) in [6, 6.07) is 5.67. The first-order chi connectivity index (χ1) is 11.3. The van der Waals surface area contributed by atoms with Gasteiger partial charge in [0, 0.05) is 23.7 Å². The van der Waals surface area contributed by atoms with Crippen LogP contribution < -0.4 is 4.74 Å². The van der Waals surface area contributed by atoms with Crippen molar-refractivity contribution < 1.29 is 17.9 Å². The lowest BCUT2D eigenvalue weighted by Crippen LogP contribution is -2.16. The minimum Gasteiger partial charge on any atom is -0.406 e. The molecule has 1 aromatic carbocycles. The highest BCUT2D eigenvalue weighted by Gasteiger charge is 2.30. The highest BCUT2D eigenvalue weighted by atomic mass is 19.4. The average molecular weight is 337 g/mol. The Bertz CT molecular complexity index is 823. The van der Waals surface area contributed by atoms with Crippen LogP contribution in [-0.4, -0.2) is 20.7 Å². The monoisotopic (exact) mass is 337 g/mol. The summed E-state index contributed by atoms with van der Waals surface area (Å²) in [6.07, 6.45) is -1.19. The molecule has 24 heavy (non-hydrogen) atoms. The Labute approximate surface area is 137 Å². The molecule has 0 radical (unpaired) electrons. The van der Waals surface area contributed by atoms with Gasteiger partial charge in [0.15, 0.2) is 0 Å². The van der Waals surface area contributed by atoms with Crippen molar-refractivity contribution in [1.82, 2.24) is 14.4 Å². The fourth-order valence-electron chi connectivity index (χ4n) is 2.15. The molecule has 0 saturated carbocycles. The minimum atomic E-state index is -4.69. The number of halogens is 3. The molecule has 2 heterocycles. The summed E-state index contributed by atoms with van der Waals surface area (Å²) in [5.41, 5.74) is 3.39. The number of nitrogens with zero attached hydrogens (tertiary/aromatic N) is 3. The van der Waals surface area contributed by atoms with Gasteiger partial charge in [-0.1, -0.05) is 26.0 Å².